The molecule has 2 unspecified atom stereocenters. The maximum atomic E-state index is 3.64. The third-order valence-corrected chi connectivity index (χ3v) is 3.46. The van der Waals surface area contributed by atoms with E-state index in [1.807, 2.05) is 0 Å². The van der Waals surface area contributed by atoms with Crippen molar-refractivity contribution < 1.29 is 0 Å². The van der Waals surface area contributed by atoms with Crippen molar-refractivity contribution in [3.63, 3.8) is 0 Å². The quantitative estimate of drug-likeness (QED) is 0.728. The normalized spacial score (nSPS) is 28.3. The summed E-state index contributed by atoms with van der Waals surface area (Å²) in [5.74, 6) is 0.883. The highest BCUT2D eigenvalue weighted by atomic mass is 15.1. The number of hydrogen-bond acceptors (Lipinski definition) is 2. The molecule has 0 aliphatic heterocycles. The zero-order valence-electron chi connectivity index (χ0n) is 10.1. The lowest BCUT2D eigenvalue weighted by atomic mass is 9.84. The van der Waals surface area contributed by atoms with Crippen molar-refractivity contribution in [2.75, 3.05) is 26.7 Å². The molecular weight excluding hydrogens is 172 g/mol. The van der Waals surface area contributed by atoms with Gasteiger partial charge in [0, 0.05) is 12.6 Å². The maximum Gasteiger partial charge on any atom is 0.0107 e. The number of nitrogens with zero attached hydrogens (tertiary/aromatic N) is 1. The Kier molecular flexibility index (Phi) is 5.49. The second-order valence-electron chi connectivity index (χ2n) is 4.56. The summed E-state index contributed by atoms with van der Waals surface area (Å²) in [6, 6.07) is 0.780. The molecular formula is C12H26N2. The van der Waals surface area contributed by atoms with Crippen LogP contribution in [-0.2, 0) is 0 Å². The molecule has 0 amide bonds. The van der Waals surface area contributed by atoms with Gasteiger partial charge in [-0.1, -0.05) is 26.7 Å². The van der Waals surface area contributed by atoms with Crippen molar-refractivity contribution in [1.82, 2.24) is 10.2 Å². The Balaban J connectivity index is 2.37. The Morgan fingerprint density at radius 2 is 1.93 bits per heavy atom. The molecule has 0 spiro atoms. The van der Waals surface area contributed by atoms with Gasteiger partial charge in [0.05, 0.1) is 0 Å². The molecule has 1 N–H and O–H groups in total. The minimum absolute atomic E-state index is 0.780. The van der Waals surface area contributed by atoms with E-state index in [0.717, 1.165) is 18.5 Å². The van der Waals surface area contributed by atoms with E-state index >= 15 is 0 Å². The first kappa shape index (κ1) is 12.0. The van der Waals surface area contributed by atoms with Crippen LogP contribution in [0.5, 0.6) is 0 Å². The molecule has 84 valence electrons. The summed E-state index contributed by atoms with van der Waals surface area (Å²) in [7, 11) is 2.23. The summed E-state index contributed by atoms with van der Waals surface area (Å²) in [4.78, 5) is 2.44. The second kappa shape index (κ2) is 6.41. The minimum atomic E-state index is 0.780. The van der Waals surface area contributed by atoms with Crippen LogP contribution in [0.2, 0.25) is 0 Å². The summed E-state index contributed by atoms with van der Waals surface area (Å²) in [6.07, 6.45) is 5.66. The topological polar surface area (TPSA) is 15.3 Å². The van der Waals surface area contributed by atoms with Gasteiger partial charge < -0.3 is 10.2 Å². The zero-order valence-corrected chi connectivity index (χ0v) is 10.1. The van der Waals surface area contributed by atoms with Gasteiger partial charge in [-0.25, -0.2) is 0 Å². The second-order valence-corrected chi connectivity index (χ2v) is 4.56. The first-order valence-corrected chi connectivity index (χ1v) is 6.19. The van der Waals surface area contributed by atoms with Crippen LogP contribution in [0.1, 0.15) is 39.5 Å². The number of rotatable bonds is 5. The first-order valence-electron chi connectivity index (χ1n) is 6.19. The molecule has 14 heavy (non-hydrogen) atoms. The van der Waals surface area contributed by atoms with E-state index in [1.54, 1.807) is 0 Å². The van der Waals surface area contributed by atoms with Crippen LogP contribution in [0.4, 0.5) is 0 Å². The summed E-state index contributed by atoms with van der Waals surface area (Å²) in [5, 5.41) is 3.64. The van der Waals surface area contributed by atoms with Crippen molar-refractivity contribution in [2.45, 2.75) is 45.6 Å². The summed E-state index contributed by atoms with van der Waals surface area (Å²) >= 11 is 0. The molecule has 0 aromatic carbocycles. The molecule has 2 atom stereocenters. The van der Waals surface area contributed by atoms with Gasteiger partial charge in [-0.05, 0) is 38.9 Å². The van der Waals surface area contributed by atoms with Gasteiger partial charge in [0.2, 0.25) is 0 Å². The average molecular weight is 198 g/mol. The van der Waals surface area contributed by atoms with Crippen LogP contribution in [0.15, 0.2) is 0 Å². The lowest BCUT2D eigenvalue weighted by molar-refractivity contribution is 0.195. The largest absolute Gasteiger partial charge is 0.314 e. The van der Waals surface area contributed by atoms with E-state index in [-0.39, 0.29) is 0 Å². The van der Waals surface area contributed by atoms with Crippen molar-refractivity contribution in [1.29, 1.82) is 0 Å². The molecule has 0 bridgehead atoms. The molecule has 1 rings (SSSR count). The summed E-state index contributed by atoms with van der Waals surface area (Å²) in [6.45, 7) is 8.03. The predicted molar refractivity (Wildman–Crippen MR) is 62.6 cm³/mol. The Hall–Kier alpha value is -0.0800. The molecule has 1 aliphatic rings. The third kappa shape index (κ3) is 3.58. The third-order valence-electron chi connectivity index (χ3n) is 3.46. The van der Waals surface area contributed by atoms with Crippen LogP contribution in [0, 0.1) is 5.92 Å². The fourth-order valence-electron chi connectivity index (χ4n) is 2.49. The summed E-state index contributed by atoms with van der Waals surface area (Å²) in [5.41, 5.74) is 0. The molecule has 1 aliphatic carbocycles. The monoisotopic (exact) mass is 198 g/mol. The lowest BCUT2D eigenvalue weighted by Crippen LogP contribution is -2.43. The van der Waals surface area contributed by atoms with Crippen molar-refractivity contribution in [2.24, 2.45) is 5.92 Å². The minimum Gasteiger partial charge on any atom is -0.314 e. The lowest BCUT2D eigenvalue weighted by Gasteiger charge is -2.34. The molecule has 1 fully saturated rings. The molecule has 2 heteroatoms. The standard InChI is InChI=1S/C12H26N2/c1-4-13-12-9-7-6-8-11(12)10-14(3)5-2/h11-13H,4-10H2,1-3H3. The molecule has 1 saturated carbocycles. The van der Waals surface area contributed by atoms with Crippen LogP contribution < -0.4 is 5.32 Å². The number of hydrogen-bond donors (Lipinski definition) is 1. The molecule has 0 radical (unpaired) electrons. The van der Waals surface area contributed by atoms with E-state index in [0.29, 0.717) is 0 Å². The smallest absolute Gasteiger partial charge is 0.0107 e. The number of nitrogens with one attached hydrogen (secondary N) is 1. The van der Waals surface area contributed by atoms with E-state index in [2.05, 4.69) is 31.1 Å². The average Bonchev–Trinajstić information content (AvgIpc) is 2.21. The van der Waals surface area contributed by atoms with Gasteiger partial charge in [-0.15, -0.1) is 0 Å². The van der Waals surface area contributed by atoms with Gasteiger partial charge in [0.25, 0.3) is 0 Å². The molecule has 0 heterocycles. The maximum absolute atomic E-state index is 3.64. The molecule has 2 nitrogen and oxygen atoms in total. The van der Waals surface area contributed by atoms with E-state index in [1.165, 1.54) is 38.8 Å². The van der Waals surface area contributed by atoms with E-state index in [4.69, 9.17) is 0 Å². The highest BCUT2D eigenvalue weighted by molar-refractivity contribution is 4.82. The Morgan fingerprint density at radius 3 is 2.57 bits per heavy atom. The summed E-state index contributed by atoms with van der Waals surface area (Å²) < 4.78 is 0. The fraction of sp³-hybridized carbons (Fsp3) is 1.00. The van der Waals surface area contributed by atoms with Crippen LogP contribution in [-0.4, -0.2) is 37.6 Å². The molecule has 0 saturated heterocycles. The van der Waals surface area contributed by atoms with Crippen molar-refractivity contribution >= 4 is 0 Å². The van der Waals surface area contributed by atoms with Gasteiger partial charge in [0.15, 0.2) is 0 Å². The van der Waals surface area contributed by atoms with E-state index in [9.17, 15) is 0 Å². The van der Waals surface area contributed by atoms with Gasteiger partial charge >= 0.3 is 0 Å². The Labute approximate surface area is 89.1 Å². The van der Waals surface area contributed by atoms with E-state index < -0.39 is 0 Å². The van der Waals surface area contributed by atoms with Gasteiger partial charge in [-0.2, -0.15) is 0 Å². The van der Waals surface area contributed by atoms with Crippen molar-refractivity contribution in [3.05, 3.63) is 0 Å². The predicted octanol–water partition coefficient (Wildman–Crippen LogP) is 2.11. The fourth-order valence-corrected chi connectivity index (χ4v) is 2.49. The van der Waals surface area contributed by atoms with Crippen LogP contribution in [0.3, 0.4) is 0 Å². The van der Waals surface area contributed by atoms with Crippen LogP contribution >= 0.6 is 0 Å². The Morgan fingerprint density at radius 1 is 1.21 bits per heavy atom. The molecule has 0 aromatic heterocycles. The highest BCUT2D eigenvalue weighted by Crippen LogP contribution is 2.24. The van der Waals surface area contributed by atoms with Crippen LogP contribution in [0.25, 0.3) is 0 Å². The SMILES string of the molecule is CCNC1CCCCC1CN(C)CC. The van der Waals surface area contributed by atoms with Crippen molar-refractivity contribution in [3.8, 4) is 0 Å². The zero-order chi connectivity index (χ0) is 10.4. The first-order chi connectivity index (χ1) is 6.77. The van der Waals surface area contributed by atoms with Gasteiger partial charge in [-0.3, -0.25) is 0 Å². The van der Waals surface area contributed by atoms with Gasteiger partial charge in [0.1, 0.15) is 0 Å². The highest BCUT2D eigenvalue weighted by Gasteiger charge is 2.24. The molecule has 0 aromatic rings. The Bertz CT molecular complexity index is 145.